The van der Waals surface area contributed by atoms with Gasteiger partial charge in [-0.05, 0) is 12.5 Å². The van der Waals surface area contributed by atoms with Crippen molar-refractivity contribution >= 4 is 5.91 Å². The van der Waals surface area contributed by atoms with Gasteiger partial charge in [-0.15, -0.1) is 0 Å². The monoisotopic (exact) mass is 312 g/mol. The zero-order chi connectivity index (χ0) is 16.4. The number of benzene rings is 1. The molecule has 0 fully saturated rings. The first-order chi connectivity index (χ1) is 11.0. The fourth-order valence-corrected chi connectivity index (χ4v) is 2.97. The van der Waals surface area contributed by atoms with Crippen LogP contribution in [-0.2, 0) is 18.4 Å². The summed E-state index contributed by atoms with van der Waals surface area (Å²) in [4.78, 5) is 12.5. The molecule has 0 spiro atoms. The van der Waals surface area contributed by atoms with Gasteiger partial charge in [0.15, 0.2) is 5.69 Å². The molecule has 5 nitrogen and oxygen atoms in total. The van der Waals surface area contributed by atoms with E-state index in [1.54, 1.807) is 0 Å². The van der Waals surface area contributed by atoms with Crippen molar-refractivity contribution < 1.29 is 4.79 Å². The first-order valence-corrected chi connectivity index (χ1v) is 8.09. The molecule has 0 aliphatic carbocycles. The Balaban J connectivity index is 1.70. The van der Waals surface area contributed by atoms with Crippen molar-refractivity contribution in [2.75, 3.05) is 13.1 Å². The highest BCUT2D eigenvalue weighted by Crippen LogP contribution is 2.23. The van der Waals surface area contributed by atoms with Gasteiger partial charge in [0.2, 0.25) is 0 Å². The van der Waals surface area contributed by atoms with Crippen molar-refractivity contribution in [2.24, 2.45) is 0 Å². The minimum atomic E-state index is -0.129. The van der Waals surface area contributed by atoms with E-state index in [1.807, 2.05) is 0 Å². The van der Waals surface area contributed by atoms with Gasteiger partial charge in [-0.2, -0.15) is 5.10 Å². The molecule has 1 aliphatic heterocycles. The fourth-order valence-electron chi connectivity index (χ4n) is 2.97. The van der Waals surface area contributed by atoms with Gasteiger partial charge in [0.1, 0.15) is 0 Å². The predicted molar refractivity (Wildman–Crippen MR) is 90.5 cm³/mol. The predicted octanol–water partition coefficient (Wildman–Crippen LogP) is 2.07. The third kappa shape index (κ3) is 3.29. The highest BCUT2D eigenvalue weighted by molar-refractivity contribution is 5.94. The van der Waals surface area contributed by atoms with Crippen molar-refractivity contribution in [3.63, 3.8) is 0 Å². The zero-order valence-corrected chi connectivity index (χ0v) is 14.0. The topological polar surface area (TPSA) is 69.8 Å². The molecular formula is C18H24N4O. The number of H-pyrrole nitrogens is 1. The molecule has 0 radical (unpaired) electrons. The Bertz CT molecular complexity index is 718. The molecule has 0 unspecified atom stereocenters. The molecule has 1 aromatic heterocycles. The van der Waals surface area contributed by atoms with E-state index in [0.717, 1.165) is 24.2 Å². The fraction of sp³-hybridized carbons (Fsp3) is 0.444. The first-order valence-electron chi connectivity index (χ1n) is 8.09. The molecule has 122 valence electrons. The minimum Gasteiger partial charge on any atom is -0.350 e. The number of rotatable bonds is 4. The molecule has 0 atom stereocenters. The summed E-state index contributed by atoms with van der Waals surface area (Å²) in [5, 5.41) is 13.5. The molecular weight excluding hydrogens is 288 g/mol. The number of carbonyl (C=O) groups is 1. The van der Waals surface area contributed by atoms with Crippen molar-refractivity contribution in [3.05, 3.63) is 52.3 Å². The number of aromatic amines is 1. The maximum Gasteiger partial charge on any atom is 0.272 e. The van der Waals surface area contributed by atoms with E-state index in [-0.39, 0.29) is 11.3 Å². The lowest BCUT2D eigenvalue weighted by Gasteiger charge is -2.26. The lowest BCUT2D eigenvalue weighted by molar-refractivity contribution is 0.0939. The van der Waals surface area contributed by atoms with Gasteiger partial charge < -0.3 is 10.6 Å². The Hall–Kier alpha value is -2.14. The van der Waals surface area contributed by atoms with Gasteiger partial charge in [0.05, 0.1) is 0 Å². The number of hydrogen-bond acceptors (Lipinski definition) is 3. The number of carbonyl (C=O) groups excluding carboxylic acids is 1. The van der Waals surface area contributed by atoms with Gasteiger partial charge in [-0.25, -0.2) is 0 Å². The molecule has 3 rings (SSSR count). The molecule has 2 aromatic rings. The number of nitrogens with zero attached hydrogens (tertiary/aromatic N) is 1. The maximum atomic E-state index is 12.5. The van der Waals surface area contributed by atoms with E-state index < -0.39 is 0 Å². The maximum absolute atomic E-state index is 12.5. The van der Waals surface area contributed by atoms with Crippen LogP contribution >= 0.6 is 0 Å². The standard InChI is InChI=1S/C18H24N4O/c1-12-5-4-6-13(9-12)18(2,3)11-20-17(23)16-14-10-19-8-7-15(14)21-22-16/h4-6,9,19H,7-8,10-11H2,1-3H3,(H,20,23)(H,21,22). The Morgan fingerprint density at radius 1 is 1.39 bits per heavy atom. The summed E-state index contributed by atoms with van der Waals surface area (Å²) in [5.74, 6) is -0.105. The van der Waals surface area contributed by atoms with Gasteiger partial charge in [-0.1, -0.05) is 43.7 Å². The van der Waals surface area contributed by atoms with Crippen LogP contribution in [0.5, 0.6) is 0 Å². The highest BCUT2D eigenvalue weighted by atomic mass is 16.1. The van der Waals surface area contributed by atoms with E-state index in [4.69, 9.17) is 0 Å². The second-order valence-electron chi connectivity index (χ2n) is 6.89. The van der Waals surface area contributed by atoms with Crippen LogP contribution in [-0.4, -0.2) is 29.2 Å². The van der Waals surface area contributed by atoms with Crippen LogP contribution in [0.1, 0.15) is 46.7 Å². The molecule has 0 bridgehead atoms. The molecule has 0 saturated heterocycles. The lowest BCUT2D eigenvalue weighted by Crippen LogP contribution is -2.37. The molecule has 1 aliphatic rings. The average molecular weight is 312 g/mol. The summed E-state index contributed by atoms with van der Waals surface area (Å²) < 4.78 is 0. The first kappa shape index (κ1) is 15.7. The number of nitrogens with one attached hydrogen (secondary N) is 3. The van der Waals surface area contributed by atoms with E-state index >= 15 is 0 Å². The van der Waals surface area contributed by atoms with Crippen molar-refractivity contribution in [1.29, 1.82) is 0 Å². The summed E-state index contributed by atoms with van der Waals surface area (Å²) in [6, 6.07) is 8.43. The summed E-state index contributed by atoms with van der Waals surface area (Å²) in [6.07, 6.45) is 0.893. The average Bonchev–Trinajstić information content (AvgIpc) is 2.97. The molecule has 23 heavy (non-hydrogen) atoms. The molecule has 1 amide bonds. The summed E-state index contributed by atoms with van der Waals surface area (Å²) in [7, 11) is 0. The third-order valence-corrected chi connectivity index (χ3v) is 4.51. The van der Waals surface area contributed by atoms with Crippen LogP contribution in [0.4, 0.5) is 0 Å². The van der Waals surface area contributed by atoms with E-state index in [2.05, 4.69) is 65.9 Å². The quantitative estimate of drug-likeness (QED) is 0.809. The SMILES string of the molecule is Cc1cccc(C(C)(C)CNC(=O)c2n[nH]c3c2CNCC3)c1. The van der Waals surface area contributed by atoms with Crippen molar-refractivity contribution in [3.8, 4) is 0 Å². The van der Waals surface area contributed by atoms with Gasteiger partial charge in [0.25, 0.3) is 5.91 Å². The molecule has 0 saturated carbocycles. The second kappa shape index (κ2) is 6.16. The number of aryl methyl sites for hydroxylation is 1. The summed E-state index contributed by atoms with van der Waals surface area (Å²) in [5.41, 5.74) is 4.93. The minimum absolute atomic E-state index is 0.105. The second-order valence-corrected chi connectivity index (χ2v) is 6.89. The summed E-state index contributed by atoms with van der Waals surface area (Å²) in [6.45, 7) is 8.57. The molecule has 3 N–H and O–H groups in total. The van der Waals surface area contributed by atoms with Crippen molar-refractivity contribution in [2.45, 2.75) is 39.2 Å². The van der Waals surface area contributed by atoms with Gasteiger partial charge >= 0.3 is 0 Å². The van der Waals surface area contributed by atoms with Crippen LogP contribution in [0.3, 0.4) is 0 Å². The number of amides is 1. The zero-order valence-electron chi connectivity index (χ0n) is 14.0. The summed E-state index contributed by atoms with van der Waals surface area (Å²) >= 11 is 0. The largest absolute Gasteiger partial charge is 0.350 e. The Labute approximate surface area is 136 Å². The van der Waals surface area contributed by atoms with Crippen LogP contribution in [0.2, 0.25) is 0 Å². The Morgan fingerprint density at radius 2 is 2.22 bits per heavy atom. The Morgan fingerprint density at radius 3 is 3.00 bits per heavy atom. The van der Waals surface area contributed by atoms with Crippen molar-refractivity contribution in [1.82, 2.24) is 20.8 Å². The van der Waals surface area contributed by atoms with E-state index in [0.29, 0.717) is 18.8 Å². The van der Waals surface area contributed by atoms with E-state index in [1.165, 1.54) is 11.1 Å². The van der Waals surface area contributed by atoms with Crippen LogP contribution < -0.4 is 10.6 Å². The molecule has 2 heterocycles. The molecule has 5 heteroatoms. The number of aromatic nitrogens is 2. The molecule has 1 aromatic carbocycles. The lowest BCUT2D eigenvalue weighted by atomic mass is 9.84. The van der Waals surface area contributed by atoms with Gasteiger partial charge in [-0.3, -0.25) is 9.89 Å². The number of fused-ring (bicyclic) bond motifs is 1. The highest BCUT2D eigenvalue weighted by Gasteiger charge is 2.25. The number of hydrogen-bond donors (Lipinski definition) is 3. The third-order valence-electron chi connectivity index (χ3n) is 4.51. The normalized spacial score (nSPS) is 14.4. The van der Waals surface area contributed by atoms with Crippen LogP contribution in [0, 0.1) is 6.92 Å². The smallest absolute Gasteiger partial charge is 0.272 e. The Kier molecular flexibility index (Phi) is 4.22. The van der Waals surface area contributed by atoms with Crippen LogP contribution in [0.25, 0.3) is 0 Å². The van der Waals surface area contributed by atoms with E-state index in [9.17, 15) is 4.79 Å². The van der Waals surface area contributed by atoms with Gasteiger partial charge in [0, 0.05) is 42.7 Å². The van der Waals surface area contributed by atoms with Crippen LogP contribution in [0.15, 0.2) is 24.3 Å².